The monoisotopic (exact) mass is 226 g/mol. The van der Waals surface area contributed by atoms with Crippen LogP contribution in [0.5, 0.6) is 0 Å². The zero-order chi connectivity index (χ0) is 12.3. The van der Waals surface area contributed by atoms with Gasteiger partial charge in [-0.15, -0.1) is 0 Å². The molecule has 0 aliphatic carbocycles. The number of rotatable bonds is 3. The molecule has 17 heavy (non-hydrogen) atoms. The minimum Gasteiger partial charge on any atom is -0.351 e. The molecule has 1 aromatic heterocycles. The van der Waals surface area contributed by atoms with Crippen molar-refractivity contribution in [3.63, 3.8) is 0 Å². The number of nitrogens with one attached hydrogen (secondary N) is 1. The first kappa shape index (κ1) is 11.3. The van der Waals surface area contributed by atoms with Gasteiger partial charge in [0, 0.05) is 6.92 Å². The first-order valence-electron chi connectivity index (χ1n) is 5.47. The van der Waals surface area contributed by atoms with Crippen LogP contribution in [0.3, 0.4) is 0 Å². The minimum atomic E-state index is 0.0313. The van der Waals surface area contributed by atoms with Crippen molar-refractivity contribution in [1.82, 2.24) is 4.98 Å². The molecule has 3 heteroatoms. The van der Waals surface area contributed by atoms with Gasteiger partial charge in [0.1, 0.15) is 0 Å². The van der Waals surface area contributed by atoms with Crippen LogP contribution in [0.1, 0.15) is 30.0 Å². The van der Waals surface area contributed by atoms with Crippen LogP contribution in [0.25, 0.3) is 0 Å². The Morgan fingerprint density at radius 3 is 2.24 bits per heavy atom. The lowest BCUT2D eigenvalue weighted by Crippen LogP contribution is -1.97. The van der Waals surface area contributed by atoms with Crippen molar-refractivity contribution in [1.29, 1.82) is 0 Å². The molecule has 0 saturated heterocycles. The Bertz CT molecular complexity index is 553. The molecule has 0 unspecified atom stereocenters. The second-order valence-corrected chi connectivity index (χ2v) is 3.87. The van der Waals surface area contributed by atoms with E-state index in [0.29, 0.717) is 5.69 Å². The SMILES string of the molecule is CC(=O)c1ccc(C(C)=Nc2ccccc2)[nH]1. The molecule has 0 radical (unpaired) electrons. The molecule has 0 aliphatic heterocycles. The number of aromatic amines is 1. The van der Waals surface area contributed by atoms with E-state index >= 15 is 0 Å². The maximum atomic E-state index is 11.2. The summed E-state index contributed by atoms with van der Waals surface area (Å²) in [5.41, 5.74) is 3.26. The Labute approximate surface area is 100 Å². The van der Waals surface area contributed by atoms with Crippen LogP contribution in [0, 0.1) is 0 Å². The number of carbonyl (C=O) groups excluding carboxylic acids is 1. The number of aliphatic imine (C=N–C) groups is 1. The zero-order valence-electron chi connectivity index (χ0n) is 9.90. The number of Topliss-reactive ketones (excluding diaryl/α,β-unsaturated/α-hetero) is 1. The number of carbonyl (C=O) groups is 1. The Morgan fingerprint density at radius 2 is 1.65 bits per heavy atom. The molecule has 0 saturated carbocycles. The third kappa shape index (κ3) is 2.69. The number of para-hydroxylation sites is 1. The van der Waals surface area contributed by atoms with Crippen molar-refractivity contribution < 1.29 is 4.79 Å². The molecule has 0 amide bonds. The van der Waals surface area contributed by atoms with Crippen molar-refractivity contribution in [3.8, 4) is 0 Å². The first-order valence-corrected chi connectivity index (χ1v) is 5.47. The molecule has 0 atom stereocenters. The molecular formula is C14H14N2O. The smallest absolute Gasteiger partial charge is 0.175 e. The average Bonchev–Trinajstić information content (AvgIpc) is 2.79. The highest BCUT2D eigenvalue weighted by Gasteiger charge is 2.04. The maximum Gasteiger partial charge on any atom is 0.175 e. The molecule has 3 nitrogen and oxygen atoms in total. The van der Waals surface area contributed by atoms with Gasteiger partial charge in [-0.05, 0) is 31.2 Å². The summed E-state index contributed by atoms with van der Waals surface area (Å²) in [7, 11) is 0. The zero-order valence-corrected chi connectivity index (χ0v) is 9.90. The summed E-state index contributed by atoms with van der Waals surface area (Å²) in [6.07, 6.45) is 0. The van der Waals surface area contributed by atoms with Crippen molar-refractivity contribution in [2.45, 2.75) is 13.8 Å². The lowest BCUT2D eigenvalue weighted by molar-refractivity contribution is 0.101. The van der Waals surface area contributed by atoms with E-state index < -0.39 is 0 Å². The van der Waals surface area contributed by atoms with Crippen LogP contribution in [0.2, 0.25) is 0 Å². The van der Waals surface area contributed by atoms with Crippen LogP contribution >= 0.6 is 0 Å². The molecule has 86 valence electrons. The fourth-order valence-electron chi connectivity index (χ4n) is 1.57. The quantitative estimate of drug-likeness (QED) is 0.633. The molecule has 2 aromatic rings. The van der Waals surface area contributed by atoms with Gasteiger partial charge in [-0.2, -0.15) is 0 Å². The van der Waals surface area contributed by atoms with Gasteiger partial charge >= 0.3 is 0 Å². The van der Waals surface area contributed by atoms with Crippen molar-refractivity contribution in [3.05, 3.63) is 53.9 Å². The van der Waals surface area contributed by atoms with Crippen molar-refractivity contribution in [2.75, 3.05) is 0 Å². The second kappa shape index (κ2) is 4.78. The largest absolute Gasteiger partial charge is 0.351 e. The fourth-order valence-corrected chi connectivity index (χ4v) is 1.57. The van der Waals surface area contributed by atoms with Gasteiger partial charge in [0.15, 0.2) is 5.78 Å². The molecule has 0 aliphatic rings. The summed E-state index contributed by atoms with van der Waals surface area (Å²) in [6, 6.07) is 13.4. The van der Waals surface area contributed by atoms with Gasteiger partial charge in [0.2, 0.25) is 0 Å². The molecular weight excluding hydrogens is 212 g/mol. The number of hydrogen-bond acceptors (Lipinski definition) is 2. The predicted octanol–water partition coefficient (Wildman–Crippen LogP) is 3.36. The van der Waals surface area contributed by atoms with E-state index in [4.69, 9.17) is 0 Å². The number of ketones is 1. The number of aromatic nitrogens is 1. The van der Waals surface area contributed by atoms with E-state index in [1.54, 1.807) is 13.0 Å². The van der Waals surface area contributed by atoms with E-state index in [-0.39, 0.29) is 5.78 Å². The third-order valence-electron chi connectivity index (χ3n) is 2.51. The minimum absolute atomic E-state index is 0.0313. The van der Waals surface area contributed by atoms with Crippen molar-refractivity contribution >= 4 is 17.2 Å². The van der Waals surface area contributed by atoms with Crippen LogP contribution in [0.4, 0.5) is 5.69 Å². The van der Waals surface area contributed by atoms with Gasteiger partial charge in [0.25, 0.3) is 0 Å². The Morgan fingerprint density at radius 1 is 1.00 bits per heavy atom. The Hall–Kier alpha value is -2.16. The normalized spacial score (nSPS) is 11.5. The summed E-state index contributed by atoms with van der Waals surface area (Å²) in [4.78, 5) is 18.7. The molecule has 0 spiro atoms. The standard InChI is InChI=1S/C14H14N2O/c1-10(15-12-6-4-3-5-7-12)13-8-9-14(16-13)11(2)17/h3-9,16H,1-2H3. The van der Waals surface area contributed by atoms with Crippen LogP contribution in [0.15, 0.2) is 47.5 Å². The first-order chi connectivity index (χ1) is 8.16. The summed E-state index contributed by atoms with van der Waals surface area (Å²) in [6.45, 7) is 3.46. The summed E-state index contributed by atoms with van der Waals surface area (Å²) >= 11 is 0. The van der Waals surface area contributed by atoms with Gasteiger partial charge in [-0.1, -0.05) is 18.2 Å². The lowest BCUT2D eigenvalue weighted by atomic mass is 10.3. The maximum absolute atomic E-state index is 11.2. The second-order valence-electron chi connectivity index (χ2n) is 3.87. The molecule has 0 fully saturated rings. The molecule has 0 bridgehead atoms. The molecule has 2 rings (SSSR count). The summed E-state index contributed by atoms with van der Waals surface area (Å²) < 4.78 is 0. The summed E-state index contributed by atoms with van der Waals surface area (Å²) in [5, 5.41) is 0. The summed E-state index contributed by atoms with van der Waals surface area (Å²) in [5.74, 6) is 0.0313. The molecule has 1 heterocycles. The molecule has 1 aromatic carbocycles. The third-order valence-corrected chi connectivity index (χ3v) is 2.51. The highest BCUT2D eigenvalue weighted by Crippen LogP contribution is 2.13. The number of hydrogen-bond donors (Lipinski definition) is 1. The van der Waals surface area contributed by atoms with Gasteiger partial charge in [-0.3, -0.25) is 9.79 Å². The van der Waals surface area contributed by atoms with Gasteiger partial charge < -0.3 is 4.98 Å². The number of H-pyrrole nitrogens is 1. The number of nitrogens with zero attached hydrogens (tertiary/aromatic N) is 1. The predicted molar refractivity (Wildman–Crippen MR) is 69.1 cm³/mol. The van der Waals surface area contributed by atoms with Crippen LogP contribution in [-0.4, -0.2) is 16.5 Å². The highest BCUT2D eigenvalue weighted by molar-refractivity contribution is 6.01. The molecule has 1 N–H and O–H groups in total. The van der Waals surface area contributed by atoms with E-state index in [1.165, 1.54) is 0 Å². The van der Waals surface area contributed by atoms with Crippen LogP contribution in [-0.2, 0) is 0 Å². The van der Waals surface area contributed by atoms with E-state index in [0.717, 1.165) is 17.1 Å². The highest BCUT2D eigenvalue weighted by atomic mass is 16.1. The fraction of sp³-hybridized carbons (Fsp3) is 0.143. The van der Waals surface area contributed by atoms with Crippen LogP contribution < -0.4 is 0 Å². The van der Waals surface area contributed by atoms with Crippen molar-refractivity contribution in [2.24, 2.45) is 4.99 Å². The Balaban J connectivity index is 2.27. The van der Waals surface area contributed by atoms with Gasteiger partial charge in [-0.25, -0.2) is 0 Å². The topological polar surface area (TPSA) is 45.2 Å². The lowest BCUT2D eigenvalue weighted by Gasteiger charge is -1.98. The average molecular weight is 226 g/mol. The Kier molecular flexibility index (Phi) is 3.19. The van der Waals surface area contributed by atoms with E-state index in [1.807, 2.05) is 43.3 Å². The van der Waals surface area contributed by atoms with E-state index in [9.17, 15) is 4.79 Å². The van der Waals surface area contributed by atoms with Gasteiger partial charge in [0.05, 0.1) is 22.8 Å². The van der Waals surface area contributed by atoms with E-state index in [2.05, 4.69) is 9.98 Å². The number of benzene rings is 1.